The molecule has 2 rings (SSSR count). The second-order valence-electron chi connectivity index (χ2n) is 3.19. The number of nitrogens with zero attached hydrogens (tertiary/aromatic N) is 4. The fraction of sp³-hybridized carbons (Fsp3) is 0.857. The normalized spacial score (nSPS) is 22.5. The molecule has 1 unspecified atom stereocenters. The Labute approximate surface area is 81.3 Å². The van der Waals surface area contributed by atoms with Gasteiger partial charge in [0.15, 0.2) is 0 Å². The van der Waals surface area contributed by atoms with Crippen LogP contribution in [0.5, 0.6) is 0 Å². The minimum atomic E-state index is 0.569. The van der Waals surface area contributed by atoms with Crippen molar-refractivity contribution in [1.82, 2.24) is 20.1 Å². The van der Waals surface area contributed by atoms with Crippen LogP contribution in [0.1, 0.15) is 12.8 Å². The maximum atomic E-state index is 3.99. The molecule has 2 heterocycles. The van der Waals surface area contributed by atoms with Gasteiger partial charge in [-0.2, -0.15) is 0 Å². The van der Waals surface area contributed by atoms with Crippen molar-refractivity contribution in [3.05, 3.63) is 0 Å². The first kappa shape index (κ1) is 8.83. The van der Waals surface area contributed by atoms with E-state index >= 15 is 0 Å². The summed E-state index contributed by atoms with van der Waals surface area (Å²) in [5, 5.41) is 11.8. The van der Waals surface area contributed by atoms with Crippen molar-refractivity contribution >= 4 is 16.7 Å². The van der Waals surface area contributed by atoms with Crippen molar-refractivity contribution in [1.29, 1.82) is 0 Å². The summed E-state index contributed by atoms with van der Waals surface area (Å²) in [4.78, 5) is 2.29. The van der Waals surface area contributed by atoms with Gasteiger partial charge in [0, 0.05) is 30.7 Å². The predicted octanol–water partition coefficient (Wildman–Crippen LogP) is 0.121. The molecule has 1 saturated heterocycles. The molecular formula is C7H13N5S. The van der Waals surface area contributed by atoms with Crippen molar-refractivity contribution < 1.29 is 0 Å². The van der Waals surface area contributed by atoms with Crippen LogP contribution < -0.4 is 10.2 Å². The highest BCUT2D eigenvalue weighted by Gasteiger charge is 2.26. The van der Waals surface area contributed by atoms with Gasteiger partial charge in [0.25, 0.3) is 0 Å². The Morgan fingerprint density at radius 1 is 1.69 bits per heavy atom. The molecule has 5 nitrogen and oxygen atoms in total. The Balaban J connectivity index is 2.05. The molecule has 0 aliphatic carbocycles. The number of hydrogen-bond donors (Lipinski definition) is 1. The van der Waals surface area contributed by atoms with Crippen LogP contribution in [0.2, 0.25) is 0 Å². The van der Waals surface area contributed by atoms with E-state index < -0.39 is 0 Å². The summed E-state index contributed by atoms with van der Waals surface area (Å²) in [6.07, 6.45) is 2.48. The number of likely N-dealkylation sites (N-methyl/N-ethyl adjacent to an activating group) is 1. The first-order valence-corrected chi connectivity index (χ1v) is 5.25. The van der Waals surface area contributed by atoms with E-state index in [2.05, 4.69) is 25.0 Å². The van der Waals surface area contributed by atoms with E-state index in [4.69, 9.17) is 0 Å². The molecule has 1 N–H and O–H groups in total. The fourth-order valence-electron chi connectivity index (χ4n) is 1.77. The van der Waals surface area contributed by atoms with E-state index in [1.54, 1.807) is 0 Å². The van der Waals surface area contributed by atoms with Crippen LogP contribution in [0.25, 0.3) is 0 Å². The summed E-state index contributed by atoms with van der Waals surface area (Å²) in [5.41, 5.74) is 0. The van der Waals surface area contributed by atoms with Crippen LogP contribution in [-0.4, -0.2) is 41.0 Å². The van der Waals surface area contributed by atoms with Crippen molar-refractivity contribution in [2.24, 2.45) is 0 Å². The van der Waals surface area contributed by atoms with E-state index in [0.29, 0.717) is 6.04 Å². The van der Waals surface area contributed by atoms with Crippen LogP contribution >= 0.6 is 11.5 Å². The summed E-state index contributed by atoms with van der Waals surface area (Å²) in [6, 6.07) is 0.569. The van der Waals surface area contributed by atoms with Crippen LogP contribution in [0, 0.1) is 0 Å². The van der Waals surface area contributed by atoms with Crippen molar-refractivity contribution in [3.8, 4) is 0 Å². The zero-order valence-electron chi connectivity index (χ0n) is 7.60. The molecule has 1 fully saturated rings. The highest BCUT2D eigenvalue weighted by atomic mass is 32.1. The van der Waals surface area contributed by atoms with E-state index in [0.717, 1.165) is 18.2 Å². The van der Waals surface area contributed by atoms with Gasteiger partial charge in [-0.3, -0.25) is 0 Å². The number of nitrogens with one attached hydrogen (secondary N) is 1. The summed E-state index contributed by atoms with van der Waals surface area (Å²) >= 11 is 1.38. The predicted molar refractivity (Wildman–Crippen MR) is 52.0 cm³/mol. The molecule has 1 aliphatic heterocycles. The molecule has 72 valence electrons. The Bertz CT molecular complexity index is 249. The second kappa shape index (κ2) is 3.97. The smallest absolute Gasteiger partial charge is 0.228 e. The fourth-order valence-corrected chi connectivity index (χ4v) is 2.34. The van der Waals surface area contributed by atoms with Crippen LogP contribution in [-0.2, 0) is 0 Å². The van der Waals surface area contributed by atoms with Crippen LogP contribution in [0.4, 0.5) is 5.13 Å². The molecule has 1 aromatic rings. The summed E-state index contributed by atoms with van der Waals surface area (Å²) < 4.78 is 3.78. The minimum absolute atomic E-state index is 0.569. The minimum Gasteiger partial charge on any atom is -0.341 e. The van der Waals surface area contributed by atoms with Crippen LogP contribution in [0.15, 0.2) is 0 Å². The van der Waals surface area contributed by atoms with E-state index in [1.807, 2.05) is 7.05 Å². The SMILES string of the molecule is CNCC1CCCN1c1nnns1. The average molecular weight is 199 g/mol. The maximum absolute atomic E-state index is 3.99. The molecule has 1 aliphatic rings. The molecule has 0 aromatic carbocycles. The topological polar surface area (TPSA) is 53.9 Å². The van der Waals surface area contributed by atoms with Crippen molar-refractivity contribution in [2.45, 2.75) is 18.9 Å². The summed E-state index contributed by atoms with van der Waals surface area (Å²) in [6.45, 7) is 2.10. The monoisotopic (exact) mass is 199 g/mol. The lowest BCUT2D eigenvalue weighted by Crippen LogP contribution is -2.36. The number of rotatable bonds is 3. The molecule has 0 radical (unpaired) electrons. The van der Waals surface area contributed by atoms with Gasteiger partial charge in [-0.1, -0.05) is 9.59 Å². The second-order valence-corrected chi connectivity index (χ2v) is 3.90. The third-order valence-electron chi connectivity index (χ3n) is 2.35. The Kier molecular flexibility index (Phi) is 2.70. The number of hydrogen-bond acceptors (Lipinski definition) is 6. The lowest BCUT2D eigenvalue weighted by molar-refractivity contribution is 0.613. The van der Waals surface area contributed by atoms with E-state index in [9.17, 15) is 0 Å². The Morgan fingerprint density at radius 3 is 3.31 bits per heavy atom. The Morgan fingerprint density at radius 2 is 2.62 bits per heavy atom. The lowest BCUT2D eigenvalue weighted by atomic mass is 10.2. The molecule has 0 amide bonds. The van der Waals surface area contributed by atoms with Gasteiger partial charge in [0.1, 0.15) is 0 Å². The first-order chi connectivity index (χ1) is 6.42. The summed E-state index contributed by atoms with van der Waals surface area (Å²) in [5.74, 6) is 0. The molecule has 13 heavy (non-hydrogen) atoms. The Hall–Kier alpha value is -0.750. The van der Waals surface area contributed by atoms with Gasteiger partial charge in [-0.15, -0.1) is 0 Å². The van der Waals surface area contributed by atoms with Gasteiger partial charge in [-0.05, 0) is 25.1 Å². The van der Waals surface area contributed by atoms with Gasteiger partial charge in [-0.25, -0.2) is 0 Å². The van der Waals surface area contributed by atoms with E-state index in [-0.39, 0.29) is 0 Å². The third-order valence-corrected chi connectivity index (χ3v) is 2.99. The number of anilines is 1. The van der Waals surface area contributed by atoms with Crippen molar-refractivity contribution in [2.75, 3.05) is 25.0 Å². The zero-order valence-corrected chi connectivity index (χ0v) is 8.42. The molecular weight excluding hydrogens is 186 g/mol. The third kappa shape index (κ3) is 1.78. The van der Waals surface area contributed by atoms with Gasteiger partial charge in [0.2, 0.25) is 5.13 Å². The molecule has 6 heteroatoms. The van der Waals surface area contributed by atoms with Gasteiger partial charge in [0.05, 0.1) is 0 Å². The average Bonchev–Trinajstić information content (AvgIpc) is 2.71. The molecule has 0 bridgehead atoms. The standard InChI is InChI=1S/C7H13N5S/c1-8-5-6-3-2-4-12(6)7-9-10-11-13-7/h6,8H,2-5H2,1H3. The molecule has 1 aromatic heterocycles. The van der Waals surface area contributed by atoms with Gasteiger partial charge < -0.3 is 10.2 Å². The zero-order chi connectivity index (χ0) is 9.10. The van der Waals surface area contributed by atoms with Crippen molar-refractivity contribution in [3.63, 3.8) is 0 Å². The number of aromatic nitrogens is 3. The molecule has 0 spiro atoms. The molecule has 0 saturated carbocycles. The summed E-state index contributed by atoms with van der Waals surface area (Å²) in [7, 11) is 1.98. The van der Waals surface area contributed by atoms with E-state index in [1.165, 1.54) is 24.4 Å². The molecule has 1 atom stereocenters. The van der Waals surface area contributed by atoms with Gasteiger partial charge >= 0.3 is 0 Å². The largest absolute Gasteiger partial charge is 0.341 e. The lowest BCUT2D eigenvalue weighted by Gasteiger charge is -2.22. The van der Waals surface area contributed by atoms with Crippen LogP contribution in [0.3, 0.4) is 0 Å². The first-order valence-electron chi connectivity index (χ1n) is 4.48. The quantitative estimate of drug-likeness (QED) is 0.749. The highest BCUT2D eigenvalue weighted by molar-refractivity contribution is 7.09. The highest BCUT2D eigenvalue weighted by Crippen LogP contribution is 2.24. The maximum Gasteiger partial charge on any atom is 0.228 e.